The summed E-state index contributed by atoms with van der Waals surface area (Å²) in [5, 5.41) is 31.5. The number of carbonyl (C=O) groups excluding carboxylic acids is 2. The van der Waals surface area contributed by atoms with Gasteiger partial charge < -0.3 is 15.9 Å². The molecule has 152 valence electrons. The number of amides is 2. The molecular formula is C21H28N2O5. The second kappa shape index (κ2) is 9.64. The second-order valence-electron chi connectivity index (χ2n) is 7.46. The van der Waals surface area contributed by atoms with Crippen LogP contribution in [0.2, 0.25) is 0 Å². The van der Waals surface area contributed by atoms with Gasteiger partial charge >= 0.3 is 0 Å². The van der Waals surface area contributed by atoms with E-state index in [0.29, 0.717) is 12.8 Å². The van der Waals surface area contributed by atoms with Gasteiger partial charge in [0.1, 0.15) is 5.60 Å². The first-order valence-corrected chi connectivity index (χ1v) is 9.35. The zero-order valence-corrected chi connectivity index (χ0v) is 16.0. The number of carbonyl (C=O) groups is 2. The van der Waals surface area contributed by atoms with E-state index >= 15 is 0 Å². The summed E-state index contributed by atoms with van der Waals surface area (Å²) < 4.78 is 0. The van der Waals surface area contributed by atoms with Crippen LogP contribution in [0.5, 0.6) is 0 Å². The molecule has 0 fully saturated rings. The maximum atomic E-state index is 11.9. The number of fused-ring (bicyclic) bond motifs is 1. The van der Waals surface area contributed by atoms with Crippen molar-refractivity contribution < 1.29 is 25.0 Å². The molecule has 6 N–H and O–H groups in total. The molecule has 2 aromatic rings. The quantitative estimate of drug-likeness (QED) is 0.312. The maximum Gasteiger partial charge on any atom is 0.249 e. The molecule has 2 aromatic carbocycles. The van der Waals surface area contributed by atoms with Crippen molar-refractivity contribution in [3.8, 4) is 0 Å². The number of nitrogens with two attached hydrogens (primary N) is 1. The lowest BCUT2D eigenvalue weighted by Crippen LogP contribution is -2.42. The zero-order chi connectivity index (χ0) is 20.7. The number of hydrogen-bond donors (Lipinski definition) is 5. The first-order valence-electron chi connectivity index (χ1n) is 9.35. The summed E-state index contributed by atoms with van der Waals surface area (Å²) >= 11 is 0. The van der Waals surface area contributed by atoms with E-state index in [1.165, 1.54) is 6.92 Å². The Bertz CT molecular complexity index is 821. The van der Waals surface area contributed by atoms with Gasteiger partial charge in [0.15, 0.2) is 0 Å². The van der Waals surface area contributed by atoms with E-state index < -0.39 is 29.4 Å². The van der Waals surface area contributed by atoms with E-state index in [9.17, 15) is 19.8 Å². The van der Waals surface area contributed by atoms with Crippen LogP contribution in [0.25, 0.3) is 10.8 Å². The smallest absolute Gasteiger partial charge is 0.249 e. The number of nitrogens with one attached hydrogen (secondary N) is 1. The average Bonchev–Trinajstić information content (AvgIpc) is 2.68. The van der Waals surface area contributed by atoms with Crippen LogP contribution in [0, 0.1) is 5.92 Å². The Morgan fingerprint density at radius 3 is 2.46 bits per heavy atom. The van der Waals surface area contributed by atoms with Crippen LogP contribution in [0.3, 0.4) is 0 Å². The summed E-state index contributed by atoms with van der Waals surface area (Å²) in [6, 6.07) is 14.1. The molecule has 0 aliphatic rings. The van der Waals surface area contributed by atoms with Crippen LogP contribution < -0.4 is 11.2 Å². The fourth-order valence-corrected chi connectivity index (χ4v) is 3.20. The zero-order valence-electron chi connectivity index (χ0n) is 16.0. The molecular weight excluding hydrogens is 360 g/mol. The molecule has 28 heavy (non-hydrogen) atoms. The van der Waals surface area contributed by atoms with Crippen molar-refractivity contribution in [2.24, 2.45) is 11.7 Å². The lowest BCUT2D eigenvalue weighted by molar-refractivity contribution is -0.139. The highest BCUT2D eigenvalue weighted by atomic mass is 16.5. The Hall–Kier alpha value is -2.48. The van der Waals surface area contributed by atoms with Gasteiger partial charge in [-0.15, -0.1) is 0 Å². The largest absolute Gasteiger partial charge is 0.393 e. The van der Waals surface area contributed by atoms with Crippen LogP contribution in [-0.2, 0) is 16.0 Å². The molecule has 0 aromatic heterocycles. The number of rotatable bonds is 10. The predicted molar refractivity (Wildman–Crippen MR) is 105 cm³/mol. The van der Waals surface area contributed by atoms with E-state index in [2.05, 4.69) is 6.07 Å². The molecule has 0 radical (unpaired) electrons. The predicted octanol–water partition coefficient (Wildman–Crippen LogP) is 1.66. The molecule has 0 saturated carbocycles. The number of hydroxylamine groups is 1. The summed E-state index contributed by atoms with van der Waals surface area (Å²) in [6.45, 7) is 1.28. The first kappa shape index (κ1) is 21.8. The molecule has 0 aliphatic carbocycles. The highest BCUT2D eigenvalue weighted by Crippen LogP contribution is 2.23. The van der Waals surface area contributed by atoms with Crippen LogP contribution in [-0.4, -0.2) is 38.9 Å². The van der Waals surface area contributed by atoms with E-state index in [-0.39, 0.29) is 19.3 Å². The van der Waals surface area contributed by atoms with Crippen molar-refractivity contribution in [2.45, 2.75) is 50.7 Å². The van der Waals surface area contributed by atoms with Crippen LogP contribution in [0.4, 0.5) is 0 Å². The maximum absolute atomic E-state index is 11.9. The van der Waals surface area contributed by atoms with Gasteiger partial charge in [0, 0.05) is 5.92 Å². The SMILES string of the molecule is CC(O)(CC[C@H](C[C@@H](O)CCc1ccc2ccccc2c1)C(=O)NO)C(N)=O. The van der Waals surface area contributed by atoms with Gasteiger partial charge in [-0.1, -0.05) is 42.5 Å². The van der Waals surface area contributed by atoms with Gasteiger partial charge in [-0.05, 0) is 55.4 Å². The summed E-state index contributed by atoms with van der Waals surface area (Å²) in [5.41, 5.74) is 6.05. The minimum atomic E-state index is -1.75. The average molecular weight is 388 g/mol. The van der Waals surface area contributed by atoms with E-state index in [4.69, 9.17) is 10.9 Å². The number of benzene rings is 2. The number of aliphatic hydroxyl groups excluding tert-OH is 1. The van der Waals surface area contributed by atoms with Crippen molar-refractivity contribution in [1.82, 2.24) is 5.48 Å². The molecule has 2 rings (SSSR count). The standard InChI is InChI=1S/C21H28N2O5/c1-21(27,20(22)26)11-10-17(19(25)23-28)13-18(24)9-7-14-6-8-15-4-2-3-5-16(15)12-14/h2-6,8,12,17-18,24,27-28H,7,9-11,13H2,1H3,(H2,22,26)(H,23,25)/t17-,18+,21?/m1/s1. The van der Waals surface area contributed by atoms with Crippen molar-refractivity contribution in [1.29, 1.82) is 0 Å². The topological polar surface area (TPSA) is 133 Å². The van der Waals surface area contributed by atoms with Crippen LogP contribution in [0.1, 0.15) is 38.2 Å². The van der Waals surface area contributed by atoms with E-state index in [1.54, 1.807) is 5.48 Å². The Morgan fingerprint density at radius 2 is 1.82 bits per heavy atom. The molecule has 0 bridgehead atoms. The number of aliphatic hydroxyl groups is 2. The molecule has 0 aliphatic heterocycles. The molecule has 0 spiro atoms. The molecule has 7 nitrogen and oxygen atoms in total. The van der Waals surface area contributed by atoms with Crippen molar-refractivity contribution >= 4 is 22.6 Å². The Kier molecular flexibility index (Phi) is 7.51. The monoisotopic (exact) mass is 388 g/mol. The number of primary amides is 1. The van der Waals surface area contributed by atoms with Crippen LogP contribution in [0.15, 0.2) is 42.5 Å². The van der Waals surface area contributed by atoms with Crippen molar-refractivity contribution in [2.75, 3.05) is 0 Å². The normalized spacial score (nSPS) is 15.6. The number of aryl methyl sites for hydroxylation is 1. The van der Waals surface area contributed by atoms with Gasteiger partial charge in [-0.25, -0.2) is 5.48 Å². The van der Waals surface area contributed by atoms with Crippen molar-refractivity contribution in [3.63, 3.8) is 0 Å². The minimum Gasteiger partial charge on any atom is -0.393 e. The lowest BCUT2D eigenvalue weighted by atomic mass is 9.88. The van der Waals surface area contributed by atoms with Crippen LogP contribution >= 0.6 is 0 Å². The minimum absolute atomic E-state index is 0.0438. The second-order valence-corrected chi connectivity index (χ2v) is 7.46. The van der Waals surface area contributed by atoms with E-state index in [1.807, 2.05) is 36.4 Å². The summed E-state index contributed by atoms with van der Waals surface area (Å²) in [7, 11) is 0. The third-order valence-corrected chi connectivity index (χ3v) is 5.13. The summed E-state index contributed by atoms with van der Waals surface area (Å²) in [6.07, 6.45) is 0.479. The van der Waals surface area contributed by atoms with Gasteiger partial charge in [-0.3, -0.25) is 14.8 Å². The van der Waals surface area contributed by atoms with Gasteiger partial charge in [0.25, 0.3) is 0 Å². The summed E-state index contributed by atoms with van der Waals surface area (Å²) in [5.74, 6) is -2.29. The fraction of sp³-hybridized carbons (Fsp3) is 0.429. The highest BCUT2D eigenvalue weighted by Gasteiger charge is 2.31. The molecule has 1 unspecified atom stereocenters. The molecule has 0 saturated heterocycles. The van der Waals surface area contributed by atoms with Crippen molar-refractivity contribution in [3.05, 3.63) is 48.0 Å². The lowest BCUT2D eigenvalue weighted by Gasteiger charge is -2.23. The Labute approximate surface area is 164 Å². The fourth-order valence-electron chi connectivity index (χ4n) is 3.20. The van der Waals surface area contributed by atoms with Gasteiger partial charge in [0.05, 0.1) is 6.10 Å². The molecule has 7 heteroatoms. The number of hydrogen-bond acceptors (Lipinski definition) is 5. The van der Waals surface area contributed by atoms with E-state index in [0.717, 1.165) is 16.3 Å². The molecule has 2 amide bonds. The third kappa shape index (κ3) is 6.02. The Morgan fingerprint density at radius 1 is 1.14 bits per heavy atom. The first-order chi connectivity index (χ1) is 13.2. The third-order valence-electron chi connectivity index (χ3n) is 5.13. The molecule has 3 atom stereocenters. The van der Waals surface area contributed by atoms with Gasteiger partial charge in [0.2, 0.25) is 11.8 Å². The summed E-state index contributed by atoms with van der Waals surface area (Å²) in [4.78, 5) is 23.1. The Balaban J connectivity index is 1.93. The molecule has 0 heterocycles. The highest BCUT2D eigenvalue weighted by molar-refractivity contribution is 5.83. The van der Waals surface area contributed by atoms with Gasteiger partial charge in [-0.2, -0.15) is 0 Å².